The maximum Gasteiger partial charge on any atom is 0.407 e. The second-order valence-electron chi connectivity index (χ2n) is 6.56. The van der Waals surface area contributed by atoms with Crippen molar-refractivity contribution in [2.24, 2.45) is 5.92 Å². The van der Waals surface area contributed by atoms with Gasteiger partial charge in [-0.3, -0.25) is 4.79 Å². The lowest BCUT2D eigenvalue weighted by Gasteiger charge is -2.34. The van der Waals surface area contributed by atoms with Gasteiger partial charge in [-0.05, 0) is 40.0 Å². The number of carbonyl (C=O) groups is 2. The van der Waals surface area contributed by atoms with Gasteiger partial charge in [0.05, 0.1) is 12.1 Å². The molecule has 1 fully saturated rings. The van der Waals surface area contributed by atoms with Gasteiger partial charge in [0.15, 0.2) is 0 Å². The van der Waals surface area contributed by atoms with Crippen LogP contribution in [-0.4, -0.2) is 53.8 Å². The molecule has 0 radical (unpaired) electrons. The van der Waals surface area contributed by atoms with Crippen LogP contribution in [0.1, 0.15) is 40.0 Å². The zero-order chi connectivity index (χ0) is 15.5. The highest BCUT2D eigenvalue weighted by Crippen LogP contribution is 2.26. The predicted octanol–water partition coefficient (Wildman–Crippen LogP) is 1.13. The van der Waals surface area contributed by atoms with Gasteiger partial charge in [0.1, 0.15) is 5.60 Å². The zero-order valence-corrected chi connectivity index (χ0v) is 13.0. The second kappa shape index (κ2) is 6.43. The van der Waals surface area contributed by atoms with E-state index in [4.69, 9.17) is 4.74 Å². The Hall–Kier alpha value is -1.30. The van der Waals surface area contributed by atoms with Crippen molar-refractivity contribution in [3.8, 4) is 0 Å². The molecule has 1 aliphatic carbocycles. The predicted molar refractivity (Wildman–Crippen MR) is 75.2 cm³/mol. The Morgan fingerprint density at radius 1 is 1.25 bits per heavy atom. The van der Waals surface area contributed by atoms with Crippen molar-refractivity contribution in [2.45, 2.75) is 57.8 Å². The first-order chi connectivity index (χ1) is 9.10. The van der Waals surface area contributed by atoms with Crippen LogP contribution in [0, 0.1) is 5.92 Å². The van der Waals surface area contributed by atoms with Crippen molar-refractivity contribution < 1.29 is 19.4 Å². The average Bonchev–Trinajstić information content (AvgIpc) is 2.28. The molecule has 20 heavy (non-hydrogen) atoms. The van der Waals surface area contributed by atoms with Crippen LogP contribution < -0.4 is 5.32 Å². The summed E-state index contributed by atoms with van der Waals surface area (Å²) >= 11 is 0. The Labute approximate surface area is 120 Å². The van der Waals surface area contributed by atoms with Gasteiger partial charge in [0.2, 0.25) is 5.91 Å². The molecule has 0 aromatic heterocycles. The van der Waals surface area contributed by atoms with Gasteiger partial charge in [-0.1, -0.05) is 0 Å². The number of rotatable bonds is 2. The Kier molecular flexibility index (Phi) is 5.39. The molecule has 116 valence electrons. The van der Waals surface area contributed by atoms with Crippen LogP contribution in [0.5, 0.6) is 0 Å². The van der Waals surface area contributed by atoms with E-state index in [1.54, 1.807) is 39.8 Å². The minimum atomic E-state index is -0.631. The lowest BCUT2D eigenvalue weighted by atomic mass is 9.83. The first-order valence-corrected chi connectivity index (χ1v) is 6.99. The van der Waals surface area contributed by atoms with Gasteiger partial charge in [-0.2, -0.15) is 0 Å². The SMILES string of the molecule is CN(C)C(=O)[C@@H]1CC[C@H](O)[C@@H](NC(=O)OC(C)(C)C)C1. The first kappa shape index (κ1) is 16.8. The fourth-order valence-electron chi connectivity index (χ4n) is 2.36. The molecule has 3 atom stereocenters. The van der Waals surface area contributed by atoms with Crippen LogP contribution >= 0.6 is 0 Å². The average molecular weight is 286 g/mol. The fourth-order valence-corrected chi connectivity index (χ4v) is 2.36. The lowest BCUT2D eigenvalue weighted by Crippen LogP contribution is -2.50. The summed E-state index contributed by atoms with van der Waals surface area (Å²) in [6, 6.07) is -0.438. The van der Waals surface area contributed by atoms with E-state index in [1.807, 2.05) is 0 Å². The van der Waals surface area contributed by atoms with Crippen LogP contribution in [0.2, 0.25) is 0 Å². The molecule has 1 saturated carbocycles. The highest BCUT2D eigenvalue weighted by molar-refractivity contribution is 5.78. The van der Waals surface area contributed by atoms with Crippen LogP contribution in [0.15, 0.2) is 0 Å². The van der Waals surface area contributed by atoms with Crippen molar-refractivity contribution in [2.75, 3.05) is 14.1 Å². The summed E-state index contributed by atoms with van der Waals surface area (Å²) in [5, 5.41) is 12.6. The topological polar surface area (TPSA) is 78.9 Å². The summed E-state index contributed by atoms with van der Waals surface area (Å²) in [6.45, 7) is 5.34. The van der Waals surface area contributed by atoms with E-state index in [1.165, 1.54) is 0 Å². The van der Waals surface area contributed by atoms with Gasteiger partial charge >= 0.3 is 6.09 Å². The Bertz CT molecular complexity index is 363. The van der Waals surface area contributed by atoms with Crippen molar-refractivity contribution >= 4 is 12.0 Å². The molecular formula is C14H26N2O4. The van der Waals surface area contributed by atoms with Gasteiger partial charge in [-0.25, -0.2) is 4.79 Å². The minimum Gasteiger partial charge on any atom is -0.444 e. The molecule has 0 unspecified atom stereocenters. The van der Waals surface area contributed by atoms with E-state index in [0.717, 1.165) is 0 Å². The lowest BCUT2D eigenvalue weighted by molar-refractivity contribution is -0.135. The molecular weight excluding hydrogens is 260 g/mol. The molecule has 6 nitrogen and oxygen atoms in total. The number of hydrogen-bond acceptors (Lipinski definition) is 4. The number of hydrogen-bond donors (Lipinski definition) is 2. The van der Waals surface area contributed by atoms with Crippen molar-refractivity contribution in [1.82, 2.24) is 10.2 Å². The molecule has 0 bridgehead atoms. The molecule has 0 spiro atoms. The fraction of sp³-hybridized carbons (Fsp3) is 0.857. The van der Waals surface area contributed by atoms with Crippen LogP contribution in [0.25, 0.3) is 0 Å². The van der Waals surface area contributed by atoms with Gasteiger partial charge in [0.25, 0.3) is 0 Å². The summed E-state index contributed by atoms with van der Waals surface area (Å²) in [5.41, 5.74) is -0.581. The second-order valence-corrected chi connectivity index (χ2v) is 6.56. The summed E-state index contributed by atoms with van der Waals surface area (Å²) in [4.78, 5) is 25.3. The molecule has 1 aliphatic rings. The largest absolute Gasteiger partial charge is 0.444 e. The van der Waals surface area contributed by atoms with Crippen LogP contribution in [0.4, 0.5) is 4.79 Å². The highest BCUT2D eigenvalue weighted by atomic mass is 16.6. The quantitative estimate of drug-likeness (QED) is 0.797. The maximum absolute atomic E-state index is 12.0. The molecule has 0 saturated heterocycles. The third-order valence-corrected chi connectivity index (χ3v) is 3.31. The van der Waals surface area contributed by atoms with E-state index < -0.39 is 23.8 Å². The summed E-state index contributed by atoms with van der Waals surface area (Å²) < 4.78 is 5.18. The number of amides is 2. The Morgan fingerprint density at radius 2 is 1.85 bits per heavy atom. The van der Waals surface area contributed by atoms with Gasteiger partial charge in [0, 0.05) is 20.0 Å². The third kappa shape index (κ3) is 5.00. The van der Waals surface area contributed by atoms with E-state index in [2.05, 4.69) is 5.32 Å². The Morgan fingerprint density at radius 3 is 2.35 bits per heavy atom. The number of aliphatic hydroxyl groups excluding tert-OH is 1. The number of nitrogens with one attached hydrogen (secondary N) is 1. The molecule has 2 amide bonds. The molecule has 6 heteroatoms. The molecule has 0 heterocycles. The van der Waals surface area contributed by atoms with Crippen molar-refractivity contribution in [3.05, 3.63) is 0 Å². The number of carbonyl (C=O) groups excluding carboxylic acids is 2. The van der Waals surface area contributed by atoms with E-state index in [0.29, 0.717) is 19.3 Å². The molecule has 1 rings (SSSR count). The molecule has 2 N–H and O–H groups in total. The third-order valence-electron chi connectivity index (χ3n) is 3.31. The van der Waals surface area contributed by atoms with E-state index >= 15 is 0 Å². The number of alkyl carbamates (subject to hydrolysis) is 1. The summed E-state index contributed by atoms with van der Waals surface area (Å²) in [5.74, 6) is -0.124. The van der Waals surface area contributed by atoms with E-state index in [-0.39, 0.29) is 11.8 Å². The first-order valence-electron chi connectivity index (χ1n) is 6.99. The van der Waals surface area contributed by atoms with Crippen molar-refractivity contribution in [3.63, 3.8) is 0 Å². The van der Waals surface area contributed by atoms with Gasteiger partial charge < -0.3 is 20.1 Å². The molecule has 0 aliphatic heterocycles. The monoisotopic (exact) mass is 286 g/mol. The Balaban J connectivity index is 2.59. The van der Waals surface area contributed by atoms with Crippen molar-refractivity contribution in [1.29, 1.82) is 0 Å². The summed E-state index contributed by atoms with van der Waals surface area (Å²) in [6.07, 6.45) is 0.403. The summed E-state index contributed by atoms with van der Waals surface area (Å²) in [7, 11) is 3.42. The molecule has 0 aromatic carbocycles. The highest BCUT2D eigenvalue weighted by Gasteiger charge is 2.35. The zero-order valence-electron chi connectivity index (χ0n) is 13.0. The molecule has 0 aromatic rings. The number of ether oxygens (including phenoxy) is 1. The normalized spacial score (nSPS) is 26.8. The standard InChI is InChI=1S/C14H26N2O4/c1-14(2,3)20-13(19)15-10-8-9(6-7-11(10)17)12(18)16(4)5/h9-11,17H,6-8H2,1-5H3,(H,15,19)/t9-,10+,11+/m1/s1. The van der Waals surface area contributed by atoms with Crippen LogP contribution in [-0.2, 0) is 9.53 Å². The van der Waals surface area contributed by atoms with Gasteiger partial charge in [-0.15, -0.1) is 0 Å². The smallest absolute Gasteiger partial charge is 0.407 e. The van der Waals surface area contributed by atoms with E-state index in [9.17, 15) is 14.7 Å². The minimum absolute atomic E-state index is 0.0351. The van der Waals surface area contributed by atoms with Crippen LogP contribution in [0.3, 0.4) is 0 Å². The number of aliphatic hydroxyl groups is 1. The maximum atomic E-state index is 12.0. The number of nitrogens with zero attached hydrogens (tertiary/aromatic N) is 1.